The molecule has 0 bridgehead atoms. The lowest BCUT2D eigenvalue weighted by atomic mass is 9.89. The summed E-state index contributed by atoms with van der Waals surface area (Å²) >= 11 is 0. The second kappa shape index (κ2) is 14.2. The molecular formula is C21H38O4. The average Bonchev–Trinajstić information content (AvgIpc) is 2.62. The highest BCUT2D eigenvalue weighted by atomic mass is 16.6. The largest absolute Gasteiger partial charge is 0.472 e. The van der Waals surface area contributed by atoms with Gasteiger partial charge in [-0.25, -0.2) is 0 Å². The average molecular weight is 355 g/mol. The summed E-state index contributed by atoms with van der Waals surface area (Å²) < 4.78 is 10.1. The minimum atomic E-state index is -0.636. The van der Waals surface area contributed by atoms with Gasteiger partial charge in [0.2, 0.25) is 0 Å². The maximum atomic E-state index is 11.0. The van der Waals surface area contributed by atoms with E-state index in [-0.39, 0.29) is 11.9 Å². The molecule has 0 radical (unpaired) electrons. The number of carbonyl (C=O) groups is 1. The number of methoxy groups -OCH3 is 1. The van der Waals surface area contributed by atoms with Crippen molar-refractivity contribution in [2.75, 3.05) is 7.11 Å². The van der Waals surface area contributed by atoms with E-state index >= 15 is 0 Å². The highest BCUT2D eigenvalue weighted by Crippen LogP contribution is 2.30. The fraction of sp³-hybridized carbons (Fsp3) is 0.857. The topological polar surface area (TPSA) is 55.8 Å². The molecule has 2 unspecified atom stereocenters. The van der Waals surface area contributed by atoms with Crippen LogP contribution in [0.3, 0.4) is 0 Å². The first kappa shape index (κ1) is 22.0. The van der Waals surface area contributed by atoms with E-state index in [0.717, 1.165) is 51.4 Å². The van der Waals surface area contributed by atoms with Crippen LogP contribution in [0.5, 0.6) is 0 Å². The van der Waals surface area contributed by atoms with Crippen molar-refractivity contribution in [3.8, 4) is 0 Å². The van der Waals surface area contributed by atoms with Gasteiger partial charge in [0.1, 0.15) is 0 Å². The number of rotatable bonds is 14. The van der Waals surface area contributed by atoms with Crippen molar-refractivity contribution >= 4 is 5.97 Å². The van der Waals surface area contributed by atoms with E-state index in [1.807, 2.05) is 0 Å². The molecule has 2 atom stereocenters. The van der Waals surface area contributed by atoms with Crippen LogP contribution in [0.15, 0.2) is 11.8 Å². The third kappa shape index (κ3) is 10.5. The van der Waals surface area contributed by atoms with Crippen LogP contribution in [-0.2, 0) is 14.3 Å². The number of hydrogen-bond donors (Lipinski definition) is 1. The number of hydrogen-bond acceptors (Lipinski definition) is 4. The Morgan fingerprint density at radius 1 is 1.12 bits per heavy atom. The van der Waals surface area contributed by atoms with E-state index in [2.05, 4.69) is 11.7 Å². The smallest absolute Gasteiger partial charge is 0.305 e. The quantitative estimate of drug-likeness (QED) is 0.331. The van der Waals surface area contributed by atoms with Gasteiger partial charge in [-0.2, -0.15) is 0 Å². The zero-order chi connectivity index (χ0) is 18.3. The Labute approximate surface area is 154 Å². The molecule has 0 amide bonds. The molecular weight excluding hydrogens is 316 g/mol. The Morgan fingerprint density at radius 3 is 2.56 bits per heavy atom. The molecule has 1 rings (SSSR count). The first-order valence-corrected chi connectivity index (χ1v) is 10.3. The Kier molecular flexibility index (Phi) is 12.5. The monoisotopic (exact) mass is 354 g/mol. The second-order valence-corrected chi connectivity index (χ2v) is 7.31. The predicted molar refractivity (Wildman–Crippen MR) is 101 cm³/mol. The fourth-order valence-electron chi connectivity index (χ4n) is 3.43. The fourth-order valence-corrected chi connectivity index (χ4v) is 3.43. The van der Waals surface area contributed by atoms with Gasteiger partial charge in [0.05, 0.1) is 13.4 Å². The molecule has 1 aliphatic heterocycles. The highest BCUT2D eigenvalue weighted by Gasteiger charge is 2.24. The van der Waals surface area contributed by atoms with Crippen LogP contribution >= 0.6 is 0 Å². The van der Waals surface area contributed by atoms with Crippen molar-refractivity contribution in [1.29, 1.82) is 0 Å². The lowest BCUT2D eigenvalue weighted by Crippen LogP contribution is -2.26. The van der Waals surface area contributed by atoms with Gasteiger partial charge in [-0.05, 0) is 37.7 Å². The molecule has 25 heavy (non-hydrogen) atoms. The summed E-state index contributed by atoms with van der Waals surface area (Å²) in [6.07, 6.45) is 16.7. The molecule has 0 aliphatic carbocycles. The van der Waals surface area contributed by atoms with Crippen molar-refractivity contribution in [2.45, 2.75) is 103 Å². The van der Waals surface area contributed by atoms with Crippen LogP contribution < -0.4 is 0 Å². The Hall–Kier alpha value is -1.03. The zero-order valence-corrected chi connectivity index (χ0v) is 16.3. The summed E-state index contributed by atoms with van der Waals surface area (Å²) in [5, 5.41) is 10.0. The minimum absolute atomic E-state index is 0.114. The van der Waals surface area contributed by atoms with Gasteiger partial charge < -0.3 is 14.6 Å². The van der Waals surface area contributed by atoms with Gasteiger partial charge in [-0.1, -0.05) is 58.3 Å². The number of carbonyl (C=O) groups excluding carboxylic acids is 1. The lowest BCUT2D eigenvalue weighted by Gasteiger charge is -2.28. The van der Waals surface area contributed by atoms with E-state index in [1.165, 1.54) is 44.8 Å². The van der Waals surface area contributed by atoms with Crippen molar-refractivity contribution in [1.82, 2.24) is 0 Å². The van der Waals surface area contributed by atoms with E-state index in [9.17, 15) is 9.90 Å². The maximum absolute atomic E-state index is 11.0. The number of unbranched alkanes of at least 4 members (excludes halogenated alkanes) is 8. The highest BCUT2D eigenvalue weighted by molar-refractivity contribution is 5.68. The van der Waals surface area contributed by atoms with Crippen molar-refractivity contribution in [3.05, 3.63) is 11.8 Å². The van der Waals surface area contributed by atoms with Crippen molar-refractivity contribution in [3.63, 3.8) is 0 Å². The molecule has 4 nitrogen and oxygen atoms in total. The SMILES string of the molecule is CCCCCCCC1=COC(O)C(CCCCCCCC(=O)OC)C1. The van der Waals surface area contributed by atoms with Crippen molar-refractivity contribution in [2.24, 2.45) is 5.92 Å². The first-order chi connectivity index (χ1) is 12.2. The minimum Gasteiger partial charge on any atom is -0.472 e. The number of allylic oxidation sites excluding steroid dienone is 1. The Balaban J connectivity index is 2.08. The molecule has 0 aromatic carbocycles. The number of aliphatic hydroxyl groups excluding tert-OH is 1. The van der Waals surface area contributed by atoms with Crippen LogP contribution in [0, 0.1) is 5.92 Å². The first-order valence-electron chi connectivity index (χ1n) is 10.3. The third-order valence-corrected chi connectivity index (χ3v) is 5.09. The molecule has 0 fully saturated rings. The van der Waals surface area contributed by atoms with Crippen LogP contribution in [0.4, 0.5) is 0 Å². The number of ether oxygens (including phenoxy) is 2. The van der Waals surface area contributed by atoms with Gasteiger partial charge in [0, 0.05) is 12.3 Å². The van der Waals surface area contributed by atoms with Crippen LogP contribution in [-0.4, -0.2) is 24.5 Å². The molecule has 1 N–H and O–H groups in total. The molecule has 0 aromatic rings. The Bertz CT molecular complexity index is 378. The van der Waals surface area contributed by atoms with E-state index in [1.54, 1.807) is 6.26 Å². The van der Waals surface area contributed by atoms with Gasteiger partial charge in [-0.15, -0.1) is 0 Å². The number of aliphatic hydroxyl groups is 1. The van der Waals surface area contributed by atoms with Gasteiger partial charge in [-0.3, -0.25) is 4.79 Å². The Morgan fingerprint density at radius 2 is 1.80 bits per heavy atom. The molecule has 0 saturated carbocycles. The summed E-state index contributed by atoms with van der Waals surface area (Å²) in [5.41, 5.74) is 1.37. The summed E-state index contributed by atoms with van der Waals surface area (Å²) in [6, 6.07) is 0. The van der Waals surface area contributed by atoms with Gasteiger partial charge in [0.15, 0.2) is 6.29 Å². The summed E-state index contributed by atoms with van der Waals surface area (Å²) in [5.74, 6) is 0.127. The molecule has 1 heterocycles. The lowest BCUT2D eigenvalue weighted by molar-refractivity contribution is -0.140. The molecule has 0 spiro atoms. The van der Waals surface area contributed by atoms with Crippen LogP contribution in [0.25, 0.3) is 0 Å². The van der Waals surface area contributed by atoms with Gasteiger partial charge in [0.25, 0.3) is 0 Å². The molecule has 4 heteroatoms. The predicted octanol–water partition coefficient (Wildman–Crippen LogP) is 5.49. The normalized spacial score (nSPS) is 20.0. The van der Waals surface area contributed by atoms with Crippen molar-refractivity contribution < 1.29 is 19.4 Å². The van der Waals surface area contributed by atoms with Crippen LogP contribution in [0.1, 0.15) is 96.8 Å². The maximum Gasteiger partial charge on any atom is 0.305 e. The van der Waals surface area contributed by atoms with E-state index < -0.39 is 6.29 Å². The molecule has 0 saturated heterocycles. The van der Waals surface area contributed by atoms with Crippen LogP contribution in [0.2, 0.25) is 0 Å². The standard InChI is InChI=1S/C21H38O4/c1-3-4-5-7-10-13-18-16-19(21(23)25-17-18)14-11-8-6-9-12-15-20(22)24-2/h17,19,21,23H,3-16H2,1-2H3. The molecule has 146 valence electrons. The summed E-state index contributed by atoms with van der Waals surface area (Å²) in [7, 11) is 1.44. The molecule has 0 aromatic heterocycles. The van der Waals surface area contributed by atoms with E-state index in [0.29, 0.717) is 6.42 Å². The van der Waals surface area contributed by atoms with E-state index in [4.69, 9.17) is 4.74 Å². The van der Waals surface area contributed by atoms with Gasteiger partial charge >= 0.3 is 5.97 Å². The molecule has 1 aliphatic rings. The second-order valence-electron chi connectivity index (χ2n) is 7.31. The summed E-state index contributed by atoms with van der Waals surface area (Å²) in [4.78, 5) is 11.0. The zero-order valence-electron chi connectivity index (χ0n) is 16.3. The number of esters is 1. The third-order valence-electron chi connectivity index (χ3n) is 5.09. The summed E-state index contributed by atoms with van der Waals surface area (Å²) in [6.45, 7) is 2.24.